The highest BCUT2D eigenvalue weighted by Crippen LogP contribution is 2.21. The Labute approximate surface area is 113 Å². The number of aromatic nitrogens is 2. The van der Waals surface area contributed by atoms with Gasteiger partial charge in [-0.05, 0) is 27.8 Å². The first-order chi connectivity index (χ1) is 7.81. The first-order valence-corrected chi connectivity index (χ1v) is 6.86. The van der Waals surface area contributed by atoms with Gasteiger partial charge in [-0.25, -0.2) is 9.97 Å². The van der Waals surface area contributed by atoms with Gasteiger partial charge in [0.15, 0.2) is 0 Å². The van der Waals surface area contributed by atoms with E-state index in [0.717, 1.165) is 35.6 Å². The van der Waals surface area contributed by atoms with E-state index >= 15 is 0 Å². The van der Waals surface area contributed by atoms with Crippen molar-refractivity contribution in [1.82, 2.24) is 9.97 Å². The Hall–Kier alpha value is -0.640. The molecule has 17 heavy (non-hydrogen) atoms. The fourth-order valence-electron chi connectivity index (χ4n) is 1.78. The van der Waals surface area contributed by atoms with E-state index < -0.39 is 0 Å². The summed E-state index contributed by atoms with van der Waals surface area (Å²) in [6.07, 6.45) is 1.99. The lowest BCUT2D eigenvalue weighted by Gasteiger charge is -2.27. The highest BCUT2D eigenvalue weighted by atomic mass is 79.9. The third-order valence-electron chi connectivity index (χ3n) is 2.30. The van der Waals surface area contributed by atoms with Crippen LogP contribution in [0.15, 0.2) is 10.7 Å². The number of halogens is 1. The molecule has 0 amide bonds. The van der Waals surface area contributed by atoms with Crippen LogP contribution in [0, 0.1) is 5.41 Å². The van der Waals surface area contributed by atoms with Gasteiger partial charge in [-0.3, -0.25) is 0 Å². The second kappa shape index (κ2) is 5.80. The maximum atomic E-state index is 4.59. The third kappa shape index (κ3) is 5.02. The normalized spacial score (nSPS) is 11.6. The minimum Gasteiger partial charge on any atom is -0.359 e. The first kappa shape index (κ1) is 14.4. The van der Waals surface area contributed by atoms with Crippen molar-refractivity contribution < 1.29 is 0 Å². The van der Waals surface area contributed by atoms with Crippen molar-refractivity contribution in [1.29, 1.82) is 0 Å². The van der Waals surface area contributed by atoms with Crippen LogP contribution < -0.4 is 4.90 Å². The van der Waals surface area contributed by atoms with Gasteiger partial charge in [0.2, 0.25) is 0 Å². The highest BCUT2D eigenvalue weighted by molar-refractivity contribution is 9.10. The lowest BCUT2D eigenvalue weighted by molar-refractivity contribution is 0.417. The summed E-state index contributed by atoms with van der Waals surface area (Å²) in [5.74, 6) is 1.91. The number of nitrogens with zero attached hydrogens (tertiary/aromatic N) is 3. The third-order valence-corrected chi connectivity index (χ3v) is 2.71. The average Bonchev–Trinajstić information content (AvgIpc) is 2.14. The largest absolute Gasteiger partial charge is 0.359 e. The molecule has 0 aliphatic heterocycles. The molecule has 0 aromatic carbocycles. The number of hydrogen-bond acceptors (Lipinski definition) is 3. The van der Waals surface area contributed by atoms with Gasteiger partial charge in [-0.15, -0.1) is 0 Å². The Balaban J connectivity index is 2.89. The first-order valence-electron chi connectivity index (χ1n) is 6.06. The van der Waals surface area contributed by atoms with Gasteiger partial charge in [0, 0.05) is 26.1 Å². The van der Waals surface area contributed by atoms with E-state index in [2.05, 4.69) is 65.5 Å². The van der Waals surface area contributed by atoms with Crippen molar-refractivity contribution >= 4 is 21.7 Å². The van der Waals surface area contributed by atoms with Gasteiger partial charge in [0.05, 0.1) is 0 Å². The van der Waals surface area contributed by atoms with Gasteiger partial charge >= 0.3 is 0 Å². The molecule has 1 aromatic heterocycles. The summed E-state index contributed by atoms with van der Waals surface area (Å²) in [6.45, 7) is 9.80. The van der Waals surface area contributed by atoms with Crippen LogP contribution in [-0.4, -0.2) is 23.6 Å². The Morgan fingerprint density at radius 1 is 1.29 bits per heavy atom. The maximum Gasteiger partial charge on any atom is 0.133 e. The van der Waals surface area contributed by atoms with Gasteiger partial charge in [0.1, 0.15) is 16.2 Å². The van der Waals surface area contributed by atoms with Crippen molar-refractivity contribution in [3.63, 3.8) is 0 Å². The number of aryl methyl sites for hydroxylation is 1. The number of hydrogen-bond donors (Lipinski definition) is 0. The van der Waals surface area contributed by atoms with Crippen molar-refractivity contribution in [2.75, 3.05) is 18.5 Å². The second-order valence-corrected chi connectivity index (χ2v) is 6.44. The quantitative estimate of drug-likeness (QED) is 0.794. The lowest BCUT2D eigenvalue weighted by Crippen LogP contribution is -2.30. The summed E-state index contributed by atoms with van der Waals surface area (Å²) in [6, 6.07) is 1.98. The topological polar surface area (TPSA) is 29.0 Å². The molecule has 1 aromatic rings. The molecule has 0 saturated carbocycles. The van der Waals surface area contributed by atoms with Crippen molar-refractivity contribution in [3.8, 4) is 0 Å². The molecule has 96 valence electrons. The Morgan fingerprint density at radius 2 is 1.94 bits per heavy atom. The molecule has 0 N–H and O–H groups in total. The molecule has 4 heteroatoms. The minimum absolute atomic E-state index is 0.261. The van der Waals surface area contributed by atoms with Gasteiger partial charge in [0.25, 0.3) is 0 Å². The van der Waals surface area contributed by atoms with Crippen LogP contribution in [-0.2, 0) is 6.42 Å². The summed E-state index contributed by atoms with van der Waals surface area (Å²) in [5, 5.41) is 0. The lowest BCUT2D eigenvalue weighted by atomic mass is 9.96. The van der Waals surface area contributed by atoms with Crippen LogP contribution in [0.1, 0.15) is 39.9 Å². The molecule has 0 radical (unpaired) electrons. The van der Waals surface area contributed by atoms with E-state index in [1.165, 1.54) is 0 Å². The van der Waals surface area contributed by atoms with Gasteiger partial charge in [-0.1, -0.05) is 27.7 Å². The van der Waals surface area contributed by atoms with Crippen LogP contribution in [0.25, 0.3) is 0 Å². The predicted octanol–water partition coefficient (Wildman–Crippen LogP) is 3.67. The Kier molecular flexibility index (Phi) is 4.92. The number of anilines is 1. The van der Waals surface area contributed by atoms with Gasteiger partial charge in [-0.2, -0.15) is 0 Å². The predicted molar refractivity (Wildman–Crippen MR) is 76.5 cm³/mol. The molecule has 0 aliphatic rings. The molecule has 0 unspecified atom stereocenters. The molecular formula is C13H22BrN3. The van der Waals surface area contributed by atoms with Crippen molar-refractivity contribution in [2.45, 2.75) is 40.5 Å². The SMILES string of the molecule is CCCc1nc(Br)cc(N(C)CC(C)(C)C)n1. The van der Waals surface area contributed by atoms with Crippen molar-refractivity contribution in [2.24, 2.45) is 5.41 Å². The molecule has 0 fully saturated rings. The Bertz CT molecular complexity index is 371. The standard InChI is InChI=1S/C13H22BrN3/c1-6-7-11-15-10(14)8-12(16-11)17(5)9-13(2,3)4/h8H,6-7,9H2,1-5H3. The zero-order valence-corrected chi connectivity index (χ0v) is 13.0. The van der Waals surface area contributed by atoms with E-state index in [1.807, 2.05) is 6.07 Å². The zero-order valence-electron chi connectivity index (χ0n) is 11.4. The minimum atomic E-state index is 0.261. The van der Waals surface area contributed by atoms with E-state index in [1.54, 1.807) is 0 Å². The fourth-order valence-corrected chi connectivity index (χ4v) is 2.18. The Morgan fingerprint density at radius 3 is 2.47 bits per heavy atom. The van der Waals surface area contributed by atoms with Crippen LogP contribution >= 0.6 is 15.9 Å². The second-order valence-electron chi connectivity index (χ2n) is 5.63. The van der Waals surface area contributed by atoms with Crippen LogP contribution in [0.3, 0.4) is 0 Å². The van der Waals surface area contributed by atoms with Crippen LogP contribution in [0.2, 0.25) is 0 Å². The average molecular weight is 300 g/mol. The highest BCUT2D eigenvalue weighted by Gasteiger charge is 2.15. The molecule has 0 aliphatic carbocycles. The summed E-state index contributed by atoms with van der Waals surface area (Å²) >= 11 is 3.45. The molecular weight excluding hydrogens is 278 g/mol. The van der Waals surface area contributed by atoms with Gasteiger partial charge < -0.3 is 4.90 Å². The molecule has 0 bridgehead atoms. The molecule has 0 saturated heterocycles. The van der Waals surface area contributed by atoms with Crippen LogP contribution in [0.4, 0.5) is 5.82 Å². The van der Waals surface area contributed by atoms with E-state index in [0.29, 0.717) is 0 Å². The summed E-state index contributed by atoms with van der Waals surface area (Å²) in [5.41, 5.74) is 0.261. The monoisotopic (exact) mass is 299 g/mol. The fraction of sp³-hybridized carbons (Fsp3) is 0.692. The zero-order chi connectivity index (χ0) is 13.1. The summed E-state index contributed by atoms with van der Waals surface area (Å²) < 4.78 is 0.867. The number of rotatable bonds is 4. The molecule has 0 spiro atoms. The molecule has 1 heterocycles. The molecule has 3 nitrogen and oxygen atoms in total. The van der Waals surface area contributed by atoms with E-state index in [4.69, 9.17) is 0 Å². The van der Waals surface area contributed by atoms with E-state index in [9.17, 15) is 0 Å². The molecule has 1 rings (SSSR count). The smallest absolute Gasteiger partial charge is 0.133 e. The van der Waals surface area contributed by atoms with Crippen LogP contribution in [0.5, 0.6) is 0 Å². The summed E-state index contributed by atoms with van der Waals surface area (Å²) in [7, 11) is 2.08. The summed E-state index contributed by atoms with van der Waals surface area (Å²) in [4.78, 5) is 11.2. The van der Waals surface area contributed by atoms with E-state index in [-0.39, 0.29) is 5.41 Å². The molecule has 0 atom stereocenters. The van der Waals surface area contributed by atoms with Crippen molar-refractivity contribution in [3.05, 3.63) is 16.5 Å². The maximum absolute atomic E-state index is 4.59.